The molecule has 0 saturated carbocycles. The summed E-state index contributed by atoms with van der Waals surface area (Å²) in [6.07, 6.45) is 1.21. The SMILES string of the molecule is CCOC(=O)[C@@H]1CCCN(C[C@@H](O)COc2ccc3ccccc3c2)C1. The maximum Gasteiger partial charge on any atom is 0.310 e. The van der Waals surface area contributed by atoms with Crippen LogP contribution in [0.2, 0.25) is 0 Å². The fraction of sp³-hybridized carbons (Fsp3) is 0.476. The Balaban J connectivity index is 1.48. The van der Waals surface area contributed by atoms with Gasteiger partial charge in [0, 0.05) is 13.1 Å². The van der Waals surface area contributed by atoms with Crippen molar-refractivity contribution >= 4 is 16.7 Å². The van der Waals surface area contributed by atoms with Gasteiger partial charge < -0.3 is 14.6 Å². The van der Waals surface area contributed by atoms with E-state index in [1.807, 2.05) is 43.3 Å². The summed E-state index contributed by atoms with van der Waals surface area (Å²) in [5.41, 5.74) is 0. The van der Waals surface area contributed by atoms with Gasteiger partial charge in [-0.1, -0.05) is 30.3 Å². The highest BCUT2D eigenvalue weighted by atomic mass is 16.5. The number of rotatable bonds is 7. The summed E-state index contributed by atoms with van der Waals surface area (Å²) < 4.78 is 10.9. The summed E-state index contributed by atoms with van der Waals surface area (Å²) in [4.78, 5) is 14.0. The molecule has 2 aromatic carbocycles. The van der Waals surface area contributed by atoms with Crippen LogP contribution >= 0.6 is 0 Å². The molecule has 1 fully saturated rings. The molecule has 0 bridgehead atoms. The predicted molar refractivity (Wildman–Crippen MR) is 101 cm³/mol. The summed E-state index contributed by atoms with van der Waals surface area (Å²) in [5.74, 6) is 0.544. The highest BCUT2D eigenvalue weighted by Crippen LogP contribution is 2.21. The van der Waals surface area contributed by atoms with Gasteiger partial charge in [-0.15, -0.1) is 0 Å². The lowest BCUT2D eigenvalue weighted by Crippen LogP contribution is -2.44. The number of fused-ring (bicyclic) bond motifs is 1. The molecule has 1 heterocycles. The minimum atomic E-state index is -0.595. The monoisotopic (exact) mass is 357 g/mol. The van der Waals surface area contributed by atoms with Gasteiger partial charge in [-0.25, -0.2) is 0 Å². The Labute approximate surface area is 154 Å². The third-order valence-electron chi connectivity index (χ3n) is 4.76. The molecule has 26 heavy (non-hydrogen) atoms. The number of benzene rings is 2. The summed E-state index contributed by atoms with van der Waals surface area (Å²) in [7, 11) is 0. The topological polar surface area (TPSA) is 59.0 Å². The number of carbonyl (C=O) groups excluding carboxylic acids is 1. The van der Waals surface area contributed by atoms with Crippen molar-refractivity contribution < 1.29 is 19.4 Å². The average Bonchev–Trinajstić information content (AvgIpc) is 2.66. The zero-order valence-corrected chi connectivity index (χ0v) is 15.3. The number of likely N-dealkylation sites (tertiary alicyclic amines) is 1. The van der Waals surface area contributed by atoms with Crippen molar-refractivity contribution in [2.75, 3.05) is 32.8 Å². The molecular formula is C21H27NO4. The van der Waals surface area contributed by atoms with E-state index in [9.17, 15) is 9.90 Å². The second kappa shape index (κ2) is 9.01. The first kappa shape index (κ1) is 18.7. The molecule has 2 aromatic rings. The van der Waals surface area contributed by atoms with Crippen LogP contribution in [0, 0.1) is 5.92 Å². The molecule has 5 nitrogen and oxygen atoms in total. The van der Waals surface area contributed by atoms with Crippen LogP contribution in [0.4, 0.5) is 0 Å². The van der Waals surface area contributed by atoms with Gasteiger partial charge in [0.2, 0.25) is 0 Å². The molecule has 0 aliphatic carbocycles. The largest absolute Gasteiger partial charge is 0.491 e. The first-order chi connectivity index (χ1) is 12.7. The van der Waals surface area contributed by atoms with E-state index >= 15 is 0 Å². The molecule has 0 spiro atoms. The van der Waals surface area contributed by atoms with Crippen LogP contribution in [0.25, 0.3) is 10.8 Å². The third-order valence-corrected chi connectivity index (χ3v) is 4.76. The smallest absolute Gasteiger partial charge is 0.310 e. The third kappa shape index (κ3) is 4.96. The van der Waals surface area contributed by atoms with E-state index < -0.39 is 6.10 Å². The minimum Gasteiger partial charge on any atom is -0.491 e. The number of hydrogen-bond donors (Lipinski definition) is 1. The lowest BCUT2D eigenvalue weighted by Gasteiger charge is -2.32. The van der Waals surface area contributed by atoms with Crippen LogP contribution in [0.15, 0.2) is 42.5 Å². The van der Waals surface area contributed by atoms with Gasteiger partial charge in [-0.2, -0.15) is 0 Å². The molecule has 1 N–H and O–H groups in total. The molecule has 0 radical (unpaired) electrons. The van der Waals surface area contributed by atoms with E-state index in [0.717, 1.165) is 30.5 Å². The summed E-state index contributed by atoms with van der Waals surface area (Å²) in [6, 6.07) is 14.0. The van der Waals surface area contributed by atoms with Crippen molar-refractivity contribution in [3.05, 3.63) is 42.5 Å². The van der Waals surface area contributed by atoms with Gasteiger partial charge in [0.15, 0.2) is 0 Å². The van der Waals surface area contributed by atoms with Crippen LogP contribution < -0.4 is 4.74 Å². The number of nitrogens with zero attached hydrogens (tertiary/aromatic N) is 1. The van der Waals surface area contributed by atoms with Gasteiger partial charge >= 0.3 is 5.97 Å². The van der Waals surface area contributed by atoms with E-state index in [2.05, 4.69) is 11.0 Å². The molecule has 1 aliphatic rings. The average molecular weight is 357 g/mol. The van der Waals surface area contributed by atoms with Gasteiger partial charge in [-0.05, 0) is 49.2 Å². The van der Waals surface area contributed by atoms with Crippen molar-refractivity contribution in [2.45, 2.75) is 25.9 Å². The van der Waals surface area contributed by atoms with Crippen LogP contribution in [0.1, 0.15) is 19.8 Å². The number of ether oxygens (including phenoxy) is 2. The highest BCUT2D eigenvalue weighted by Gasteiger charge is 2.27. The number of aliphatic hydroxyl groups is 1. The number of piperidine rings is 1. The number of hydrogen-bond acceptors (Lipinski definition) is 5. The quantitative estimate of drug-likeness (QED) is 0.772. The van der Waals surface area contributed by atoms with Crippen molar-refractivity contribution in [1.29, 1.82) is 0 Å². The number of esters is 1. The van der Waals surface area contributed by atoms with Crippen molar-refractivity contribution in [3.8, 4) is 5.75 Å². The standard InChI is InChI=1S/C21H27NO4/c1-2-25-21(24)18-8-5-11-22(13-18)14-19(23)15-26-20-10-9-16-6-3-4-7-17(16)12-20/h3-4,6-7,9-10,12,18-19,23H,2,5,8,11,13-15H2,1H3/t18-,19-/m1/s1. The molecule has 140 valence electrons. The molecular weight excluding hydrogens is 330 g/mol. The Morgan fingerprint density at radius 1 is 1.27 bits per heavy atom. The second-order valence-electron chi connectivity index (χ2n) is 6.82. The summed E-state index contributed by atoms with van der Waals surface area (Å²) in [6.45, 7) is 4.52. The molecule has 0 unspecified atom stereocenters. The summed E-state index contributed by atoms with van der Waals surface area (Å²) in [5, 5.41) is 12.6. The highest BCUT2D eigenvalue weighted by molar-refractivity contribution is 5.83. The zero-order valence-electron chi connectivity index (χ0n) is 15.3. The lowest BCUT2D eigenvalue weighted by molar-refractivity contribution is -0.150. The minimum absolute atomic E-state index is 0.0858. The lowest BCUT2D eigenvalue weighted by atomic mass is 9.98. The molecule has 1 saturated heterocycles. The second-order valence-corrected chi connectivity index (χ2v) is 6.82. The first-order valence-electron chi connectivity index (χ1n) is 9.34. The van der Waals surface area contributed by atoms with Crippen LogP contribution in [-0.2, 0) is 9.53 Å². The van der Waals surface area contributed by atoms with Gasteiger partial charge in [0.1, 0.15) is 18.5 Å². The van der Waals surface area contributed by atoms with Crippen molar-refractivity contribution in [3.63, 3.8) is 0 Å². The fourth-order valence-electron chi connectivity index (χ4n) is 3.47. The molecule has 0 amide bonds. The van der Waals surface area contributed by atoms with E-state index in [4.69, 9.17) is 9.47 Å². The van der Waals surface area contributed by atoms with Crippen molar-refractivity contribution in [2.24, 2.45) is 5.92 Å². The summed E-state index contributed by atoms with van der Waals surface area (Å²) >= 11 is 0. The molecule has 1 aliphatic heterocycles. The Bertz CT molecular complexity index is 733. The molecule has 2 atom stereocenters. The maximum absolute atomic E-state index is 11.9. The van der Waals surface area contributed by atoms with Crippen LogP contribution in [0.5, 0.6) is 5.75 Å². The van der Waals surface area contributed by atoms with E-state index in [-0.39, 0.29) is 18.5 Å². The molecule has 0 aromatic heterocycles. The van der Waals surface area contributed by atoms with Gasteiger partial charge in [0.05, 0.1) is 12.5 Å². The molecule has 3 rings (SSSR count). The van der Waals surface area contributed by atoms with Gasteiger partial charge in [-0.3, -0.25) is 9.69 Å². The Kier molecular flexibility index (Phi) is 6.47. The first-order valence-corrected chi connectivity index (χ1v) is 9.34. The van der Waals surface area contributed by atoms with Crippen LogP contribution in [-0.4, -0.2) is 54.9 Å². The van der Waals surface area contributed by atoms with E-state index in [1.165, 1.54) is 5.39 Å². The normalized spacial score (nSPS) is 19.2. The Morgan fingerprint density at radius 3 is 2.88 bits per heavy atom. The fourth-order valence-corrected chi connectivity index (χ4v) is 3.47. The number of aliphatic hydroxyl groups excluding tert-OH is 1. The Morgan fingerprint density at radius 2 is 2.08 bits per heavy atom. The Hall–Kier alpha value is -2.11. The van der Waals surface area contributed by atoms with E-state index in [0.29, 0.717) is 19.7 Å². The molecule has 5 heteroatoms. The predicted octanol–water partition coefficient (Wildman–Crippen LogP) is 2.85. The van der Waals surface area contributed by atoms with Crippen LogP contribution in [0.3, 0.4) is 0 Å². The van der Waals surface area contributed by atoms with E-state index in [1.54, 1.807) is 0 Å². The zero-order chi connectivity index (χ0) is 18.4. The van der Waals surface area contributed by atoms with Crippen molar-refractivity contribution in [1.82, 2.24) is 4.90 Å². The number of carbonyl (C=O) groups is 1. The number of β-amino-alcohol motifs (C(OH)–C–C–N with tert-alkyl or cyclic N) is 1. The maximum atomic E-state index is 11.9. The van der Waals surface area contributed by atoms with Gasteiger partial charge in [0.25, 0.3) is 0 Å².